The highest BCUT2D eigenvalue weighted by molar-refractivity contribution is 7.99. The lowest BCUT2D eigenvalue weighted by Crippen LogP contribution is -2.31. The molecule has 28 heavy (non-hydrogen) atoms. The summed E-state index contributed by atoms with van der Waals surface area (Å²) in [6, 6.07) is 7.22. The van der Waals surface area contributed by atoms with E-state index >= 15 is 0 Å². The van der Waals surface area contributed by atoms with Gasteiger partial charge in [-0.3, -0.25) is 0 Å². The number of esters is 1. The lowest BCUT2D eigenvalue weighted by Gasteiger charge is -2.29. The van der Waals surface area contributed by atoms with Crippen molar-refractivity contribution in [1.29, 1.82) is 0 Å². The van der Waals surface area contributed by atoms with E-state index in [1.165, 1.54) is 0 Å². The minimum atomic E-state index is -0.482. The lowest BCUT2D eigenvalue weighted by molar-refractivity contribution is -0.143. The average Bonchev–Trinajstić information content (AvgIpc) is 3.03. The van der Waals surface area contributed by atoms with E-state index in [4.69, 9.17) is 9.47 Å². The Morgan fingerprint density at radius 3 is 2.75 bits per heavy atom. The van der Waals surface area contributed by atoms with Crippen molar-refractivity contribution in [3.05, 3.63) is 41.1 Å². The molecule has 1 aromatic heterocycles. The Bertz CT molecular complexity index is 891. The van der Waals surface area contributed by atoms with Crippen molar-refractivity contribution in [3.63, 3.8) is 0 Å². The van der Waals surface area contributed by atoms with E-state index in [1.54, 1.807) is 16.4 Å². The van der Waals surface area contributed by atoms with Crippen LogP contribution in [0.15, 0.2) is 40.7 Å². The molecule has 3 rings (SSSR count). The number of anilines is 1. The Hall–Kier alpha value is -2.48. The summed E-state index contributed by atoms with van der Waals surface area (Å²) >= 11 is 1.55. The Labute approximate surface area is 169 Å². The predicted molar refractivity (Wildman–Crippen MR) is 110 cm³/mol. The van der Waals surface area contributed by atoms with Gasteiger partial charge in [-0.05, 0) is 39.5 Å². The number of ether oxygens (including phenoxy) is 2. The Kier molecular flexibility index (Phi) is 6.28. The van der Waals surface area contributed by atoms with Gasteiger partial charge in [0.05, 0.1) is 18.3 Å². The fourth-order valence-electron chi connectivity index (χ4n) is 3.14. The zero-order chi connectivity index (χ0) is 20.3. The average molecular weight is 403 g/mol. The molecular weight excluding hydrogens is 376 g/mol. The van der Waals surface area contributed by atoms with Gasteiger partial charge in [-0.1, -0.05) is 36.9 Å². The van der Waals surface area contributed by atoms with Crippen LogP contribution in [-0.2, 0) is 9.53 Å². The SMILES string of the molecule is CCOc1ccccc1C1C(C(=O)OC(C)C)=C(C)Nc2nc(SCC)nn21. The van der Waals surface area contributed by atoms with Crippen LogP contribution >= 0.6 is 11.8 Å². The van der Waals surface area contributed by atoms with E-state index < -0.39 is 6.04 Å². The summed E-state index contributed by atoms with van der Waals surface area (Å²) in [5.41, 5.74) is 2.06. The number of rotatable bonds is 7. The summed E-state index contributed by atoms with van der Waals surface area (Å²) in [7, 11) is 0. The van der Waals surface area contributed by atoms with E-state index in [0.717, 1.165) is 11.3 Å². The number of aromatic nitrogens is 3. The molecular formula is C20H26N4O3S. The van der Waals surface area contributed by atoms with Gasteiger partial charge >= 0.3 is 5.97 Å². The molecule has 0 saturated carbocycles. The Morgan fingerprint density at radius 1 is 1.32 bits per heavy atom. The fourth-order valence-corrected chi connectivity index (χ4v) is 3.70. The highest BCUT2D eigenvalue weighted by atomic mass is 32.2. The molecule has 7 nitrogen and oxygen atoms in total. The summed E-state index contributed by atoms with van der Waals surface area (Å²) in [5.74, 6) is 1.80. The molecule has 2 heterocycles. The lowest BCUT2D eigenvalue weighted by atomic mass is 9.95. The number of nitrogens with zero attached hydrogens (tertiary/aromatic N) is 3. The smallest absolute Gasteiger partial charge is 0.338 e. The second kappa shape index (κ2) is 8.68. The predicted octanol–water partition coefficient (Wildman–Crippen LogP) is 4.03. The van der Waals surface area contributed by atoms with Crippen molar-refractivity contribution in [2.75, 3.05) is 17.7 Å². The summed E-state index contributed by atoms with van der Waals surface area (Å²) in [5, 5.41) is 8.52. The third-order valence-corrected chi connectivity index (χ3v) is 4.90. The van der Waals surface area contributed by atoms with Crippen molar-refractivity contribution in [1.82, 2.24) is 14.8 Å². The highest BCUT2D eigenvalue weighted by Gasteiger charge is 2.37. The molecule has 0 amide bonds. The minimum absolute atomic E-state index is 0.223. The number of thioether (sulfide) groups is 1. The normalized spacial score (nSPS) is 16.0. The van der Waals surface area contributed by atoms with Gasteiger partial charge in [-0.2, -0.15) is 4.98 Å². The Balaban J connectivity index is 2.16. The van der Waals surface area contributed by atoms with Crippen LogP contribution in [0.3, 0.4) is 0 Å². The summed E-state index contributed by atoms with van der Waals surface area (Å²) in [6.45, 7) is 10.0. The maximum atomic E-state index is 13.0. The maximum absolute atomic E-state index is 13.0. The van der Waals surface area contributed by atoms with Crippen molar-refractivity contribution < 1.29 is 14.3 Å². The molecule has 0 spiro atoms. The number of benzene rings is 1. The van der Waals surface area contributed by atoms with Crippen molar-refractivity contribution in [2.45, 2.75) is 51.9 Å². The van der Waals surface area contributed by atoms with Crippen molar-refractivity contribution in [3.8, 4) is 5.75 Å². The summed E-state index contributed by atoms with van der Waals surface area (Å²) in [4.78, 5) is 17.6. The van der Waals surface area contributed by atoms with Gasteiger partial charge in [0.1, 0.15) is 11.8 Å². The first kappa shape index (κ1) is 20.3. The third kappa shape index (κ3) is 4.01. The molecule has 0 aliphatic carbocycles. The van der Waals surface area contributed by atoms with Gasteiger partial charge in [-0.15, -0.1) is 5.10 Å². The van der Waals surface area contributed by atoms with E-state index in [9.17, 15) is 4.79 Å². The van der Waals surface area contributed by atoms with E-state index in [-0.39, 0.29) is 12.1 Å². The summed E-state index contributed by atoms with van der Waals surface area (Å²) < 4.78 is 13.1. The van der Waals surface area contributed by atoms with E-state index in [0.29, 0.717) is 34.7 Å². The topological polar surface area (TPSA) is 78.3 Å². The molecule has 1 atom stereocenters. The monoisotopic (exact) mass is 402 g/mol. The first-order chi connectivity index (χ1) is 13.5. The quantitative estimate of drug-likeness (QED) is 0.553. The molecule has 1 aromatic carbocycles. The maximum Gasteiger partial charge on any atom is 0.338 e. The number of nitrogens with one attached hydrogen (secondary N) is 1. The van der Waals surface area contributed by atoms with Crippen LogP contribution in [0, 0.1) is 0 Å². The van der Waals surface area contributed by atoms with Gasteiger partial charge < -0.3 is 14.8 Å². The van der Waals surface area contributed by atoms with Crippen LogP contribution in [-0.4, -0.2) is 39.2 Å². The second-order valence-corrected chi connectivity index (χ2v) is 7.82. The zero-order valence-electron chi connectivity index (χ0n) is 16.9. The van der Waals surface area contributed by atoms with Gasteiger partial charge in [0, 0.05) is 11.3 Å². The molecule has 1 unspecified atom stereocenters. The number of hydrogen-bond donors (Lipinski definition) is 1. The molecule has 0 radical (unpaired) electrons. The minimum Gasteiger partial charge on any atom is -0.494 e. The van der Waals surface area contributed by atoms with Crippen LogP contribution in [0.4, 0.5) is 5.95 Å². The van der Waals surface area contributed by atoms with Gasteiger partial charge in [0.2, 0.25) is 11.1 Å². The van der Waals surface area contributed by atoms with Gasteiger partial charge in [0.15, 0.2) is 0 Å². The van der Waals surface area contributed by atoms with Crippen molar-refractivity contribution >= 4 is 23.7 Å². The van der Waals surface area contributed by atoms with Crippen LogP contribution in [0.25, 0.3) is 0 Å². The molecule has 1 aliphatic heterocycles. The molecule has 0 fully saturated rings. The van der Waals surface area contributed by atoms with Crippen LogP contribution in [0.1, 0.15) is 46.2 Å². The van der Waals surface area contributed by atoms with E-state index in [2.05, 4.69) is 22.3 Å². The number of carbonyl (C=O) groups excluding carboxylic acids is 1. The van der Waals surface area contributed by atoms with Crippen LogP contribution < -0.4 is 10.1 Å². The molecule has 1 N–H and O–H groups in total. The fraction of sp³-hybridized carbons (Fsp3) is 0.450. The number of allylic oxidation sites excluding steroid dienone is 1. The second-order valence-electron chi connectivity index (χ2n) is 6.59. The largest absolute Gasteiger partial charge is 0.494 e. The number of carbonyl (C=O) groups is 1. The standard InChI is InChI=1S/C20H26N4O3S/c1-6-26-15-11-9-8-10-14(15)17-16(18(25)27-12(3)4)13(5)21-19-22-20(28-7-2)23-24(17)19/h8-12,17H,6-7H2,1-5H3,(H,21,22,23). The van der Waals surface area contributed by atoms with Crippen LogP contribution in [0.2, 0.25) is 0 Å². The van der Waals surface area contributed by atoms with Gasteiger partial charge in [0.25, 0.3) is 0 Å². The third-order valence-electron chi connectivity index (χ3n) is 4.18. The molecule has 2 aromatic rings. The number of fused-ring (bicyclic) bond motifs is 1. The zero-order valence-corrected chi connectivity index (χ0v) is 17.7. The summed E-state index contributed by atoms with van der Waals surface area (Å²) in [6.07, 6.45) is -0.223. The van der Waals surface area contributed by atoms with Crippen molar-refractivity contribution in [2.24, 2.45) is 0 Å². The molecule has 0 saturated heterocycles. The van der Waals surface area contributed by atoms with E-state index in [1.807, 2.05) is 52.0 Å². The van der Waals surface area contributed by atoms with Gasteiger partial charge in [-0.25, -0.2) is 9.48 Å². The Morgan fingerprint density at radius 2 is 2.07 bits per heavy atom. The number of hydrogen-bond acceptors (Lipinski definition) is 7. The molecule has 1 aliphatic rings. The number of para-hydroxylation sites is 1. The molecule has 8 heteroatoms. The first-order valence-corrected chi connectivity index (χ1v) is 10.4. The molecule has 0 bridgehead atoms. The first-order valence-electron chi connectivity index (χ1n) is 9.46. The van der Waals surface area contributed by atoms with Crippen LogP contribution in [0.5, 0.6) is 5.75 Å². The highest BCUT2D eigenvalue weighted by Crippen LogP contribution is 2.40. The molecule has 150 valence electrons.